The lowest BCUT2D eigenvalue weighted by Crippen LogP contribution is -2.39. The fraction of sp³-hybridized carbons (Fsp3) is 0.500. The highest BCUT2D eigenvalue weighted by Crippen LogP contribution is 2.36. The van der Waals surface area contributed by atoms with E-state index in [4.69, 9.17) is 4.74 Å². The molecule has 0 aromatic heterocycles. The van der Waals surface area contributed by atoms with Gasteiger partial charge in [-0.3, -0.25) is 9.59 Å². The van der Waals surface area contributed by atoms with Crippen molar-refractivity contribution in [2.75, 3.05) is 23.4 Å². The average Bonchev–Trinajstić information content (AvgIpc) is 3.31. The Kier molecular flexibility index (Phi) is 3.82. The zero-order valence-electron chi connectivity index (χ0n) is 12.2. The third-order valence-corrected chi connectivity index (χ3v) is 3.85. The predicted octanol–water partition coefficient (Wildman–Crippen LogP) is 2.56. The number of nitrogens with zero attached hydrogens (tertiary/aromatic N) is 1. The Labute approximate surface area is 124 Å². The molecule has 0 atom stereocenters. The molecular formula is C16H20N2O3. The van der Waals surface area contributed by atoms with Gasteiger partial charge in [-0.1, -0.05) is 13.3 Å². The molecule has 1 fully saturated rings. The summed E-state index contributed by atoms with van der Waals surface area (Å²) in [6.07, 6.45) is 3.92. The number of benzene rings is 1. The smallest absolute Gasteiger partial charge is 0.265 e. The third-order valence-electron chi connectivity index (χ3n) is 3.85. The Bertz CT molecular complexity index is 567. The Morgan fingerprint density at radius 3 is 2.95 bits per heavy atom. The van der Waals surface area contributed by atoms with Gasteiger partial charge in [-0.15, -0.1) is 0 Å². The van der Waals surface area contributed by atoms with E-state index < -0.39 is 0 Å². The molecule has 1 aromatic carbocycles. The second kappa shape index (κ2) is 5.76. The molecule has 112 valence electrons. The highest BCUT2D eigenvalue weighted by atomic mass is 16.5. The molecule has 1 aromatic rings. The second-order valence-electron chi connectivity index (χ2n) is 5.63. The molecule has 0 bridgehead atoms. The summed E-state index contributed by atoms with van der Waals surface area (Å²) in [6.45, 7) is 2.87. The van der Waals surface area contributed by atoms with Crippen molar-refractivity contribution in [1.82, 2.24) is 0 Å². The quantitative estimate of drug-likeness (QED) is 0.906. The maximum atomic E-state index is 12.0. The molecule has 0 radical (unpaired) electrons. The monoisotopic (exact) mass is 288 g/mol. The number of hydrogen-bond acceptors (Lipinski definition) is 3. The molecule has 1 N–H and O–H groups in total. The van der Waals surface area contributed by atoms with E-state index in [0.717, 1.165) is 37.1 Å². The molecule has 2 aliphatic rings. The van der Waals surface area contributed by atoms with E-state index in [2.05, 4.69) is 12.2 Å². The van der Waals surface area contributed by atoms with Crippen LogP contribution in [-0.4, -0.2) is 25.0 Å². The molecule has 2 amide bonds. The number of anilines is 2. The van der Waals surface area contributed by atoms with Crippen LogP contribution >= 0.6 is 0 Å². The van der Waals surface area contributed by atoms with Crippen LogP contribution in [0.2, 0.25) is 0 Å². The summed E-state index contributed by atoms with van der Waals surface area (Å²) in [5.41, 5.74) is 1.48. The van der Waals surface area contributed by atoms with Crippen LogP contribution in [0.1, 0.15) is 32.6 Å². The minimum absolute atomic E-state index is 0.0263. The fourth-order valence-corrected chi connectivity index (χ4v) is 2.43. The van der Waals surface area contributed by atoms with Crippen LogP contribution < -0.4 is 15.0 Å². The van der Waals surface area contributed by atoms with Crippen LogP contribution in [0.3, 0.4) is 0 Å². The Morgan fingerprint density at radius 1 is 1.43 bits per heavy atom. The number of carbonyl (C=O) groups excluding carboxylic acids is 2. The van der Waals surface area contributed by atoms with Gasteiger partial charge in [-0.05, 0) is 37.5 Å². The van der Waals surface area contributed by atoms with Crippen LogP contribution in [-0.2, 0) is 9.59 Å². The van der Waals surface area contributed by atoms with Gasteiger partial charge < -0.3 is 15.0 Å². The van der Waals surface area contributed by atoms with Gasteiger partial charge in [-0.2, -0.15) is 0 Å². The normalized spacial score (nSPS) is 17.2. The summed E-state index contributed by atoms with van der Waals surface area (Å²) in [5, 5.41) is 2.91. The molecular weight excluding hydrogens is 268 g/mol. The maximum absolute atomic E-state index is 12.0. The number of ether oxygens (including phenoxy) is 1. The summed E-state index contributed by atoms with van der Waals surface area (Å²) < 4.78 is 5.46. The van der Waals surface area contributed by atoms with Crippen LogP contribution in [0.5, 0.6) is 5.75 Å². The number of unbranched alkanes of at least 4 members (excludes halogenated alkanes) is 1. The number of carbonyl (C=O) groups is 2. The van der Waals surface area contributed by atoms with E-state index in [9.17, 15) is 9.59 Å². The second-order valence-corrected chi connectivity index (χ2v) is 5.63. The first-order chi connectivity index (χ1) is 10.2. The lowest BCUT2D eigenvalue weighted by atomic mass is 10.2. The zero-order valence-corrected chi connectivity index (χ0v) is 12.2. The van der Waals surface area contributed by atoms with Gasteiger partial charge in [0.1, 0.15) is 5.75 Å². The maximum Gasteiger partial charge on any atom is 0.265 e. The van der Waals surface area contributed by atoms with Crippen LogP contribution in [0.4, 0.5) is 11.4 Å². The fourth-order valence-electron chi connectivity index (χ4n) is 2.43. The summed E-state index contributed by atoms with van der Waals surface area (Å²) in [5.74, 6) is 0.907. The van der Waals surface area contributed by atoms with Crippen molar-refractivity contribution in [1.29, 1.82) is 0 Å². The van der Waals surface area contributed by atoms with Gasteiger partial charge in [-0.25, -0.2) is 0 Å². The van der Waals surface area contributed by atoms with Crippen LogP contribution in [0.25, 0.3) is 0 Å². The number of hydrogen-bond donors (Lipinski definition) is 1. The van der Waals surface area contributed by atoms with Gasteiger partial charge >= 0.3 is 0 Å². The molecule has 3 rings (SSSR count). The molecule has 1 saturated carbocycles. The van der Waals surface area contributed by atoms with Crippen molar-refractivity contribution in [3.05, 3.63) is 18.2 Å². The van der Waals surface area contributed by atoms with E-state index in [-0.39, 0.29) is 24.3 Å². The highest BCUT2D eigenvalue weighted by Gasteiger charge is 2.30. The van der Waals surface area contributed by atoms with Gasteiger partial charge in [0.05, 0.1) is 5.69 Å². The standard InChI is InChI=1S/C16H20N2O3/c1-2-3-8-18-13-9-12(17-16(20)11-4-5-11)6-7-14(13)21-10-15(18)19/h6-7,9,11H,2-5,8,10H2,1H3,(H,17,20). The molecule has 0 spiro atoms. The highest BCUT2D eigenvalue weighted by molar-refractivity contribution is 6.00. The number of fused-ring (bicyclic) bond motifs is 1. The van der Waals surface area contributed by atoms with Crippen molar-refractivity contribution in [2.45, 2.75) is 32.6 Å². The van der Waals surface area contributed by atoms with E-state index in [1.807, 2.05) is 18.2 Å². The average molecular weight is 288 g/mol. The first-order valence-corrected chi connectivity index (χ1v) is 7.57. The van der Waals surface area contributed by atoms with Gasteiger partial charge in [0.25, 0.3) is 5.91 Å². The van der Waals surface area contributed by atoms with Crippen molar-refractivity contribution in [3.63, 3.8) is 0 Å². The largest absolute Gasteiger partial charge is 0.482 e. The van der Waals surface area contributed by atoms with E-state index in [1.165, 1.54) is 0 Å². The Hall–Kier alpha value is -2.04. The Morgan fingerprint density at radius 2 is 2.24 bits per heavy atom. The molecule has 5 heteroatoms. The van der Waals surface area contributed by atoms with Crippen molar-refractivity contribution in [3.8, 4) is 5.75 Å². The lowest BCUT2D eigenvalue weighted by Gasteiger charge is -2.29. The molecule has 0 unspecified atom stereocenters. The topological polar surface area (TPSA) is 58.6 Å². The van der Waals surface area contributed by atoms with Gasteiger partial charge in [0.2, 0.25) is 5.91 Å². The molecule has 1 aliphatic heterocycles. The molecule has 1 aliphatic carbocycles. The summed E-state index contributed by atoms with van der Waals surface area (Å²) in [6, 6.07) is 5.48. The minimum atomic E-state index is -0.0263. The Balaban J connectivity index is 1.81. The van der Waals surface area contributed by atoms with Crippen LogP contribution in [0, 0.1) is 5.92 Å². The van der Waals surface area contributed by atoms with Gasteiger partial charge in [0, 0.05) is 18.2 Å². The molecule has 1 heterocycles. The predicted molar refractivity (Wildman–Crippen MR) is 80.6 cm³/mol. The molecule has 0 saturated heterocycles. The molecule has 21 heavy (non-hydrogen) atoms. The lowest BCUT2D eigenvalue weighted by molar-refractivity contribution is -0.121. The number of rotatable bonds is 5. The summed E-state index contributed by atoms with van der Waals surface area (Å²) in [7, 11) is 0. The van der Waals surface area contributed by atoms with Gasteiger partial charge in [0.15, 0.2) is 6.61 Å². The zero-order chi connectivity index (χ0) is 14.8. The number of nitrogens with one attached hydrogen (secondary N) is 1. The summed E-state index contributed by atoms with van der Waals surface area (Å²) >= 11 is 0. The van der Waals surface area contributed by atoms with Crippen LogP contribution in [0.15, 0.2) is 18.2 Å². The SMILES string of the molecule is CCCCN1C(=O)COc2ccc(NC(=O)C3CC3)cc21. The van der Waals surface area contributed by atoms with E-state index >= 15 is 0 Å². The van der Waals surface area contributed by atoms with E-state index in [1.54, 1.807) is 4.90 Å². The van der Waals surface area contributed by atoms with E-state index in [0.29, 0.717) is 12.3 Å². The van der Waals surface area contributed by atoms with Crippen molar-refractivity contribution >= 4 is 23.2 Å². The first-order valence-electron chi connectivity index (χ1n) is 7.57. The number of amides is 2. The third kappa shape index (κ3) is 3.01. The van der Waals surface area contributed by atoms with Crippen molar-refractivity contribution in [2.24, 2.45) is 5.92 Å². The molecule has 5 nitrogen and oxygen atoms in total. The minimum Gasteiger partial charge on any atom is -0.482 e. The summed E-state index contributed by atoms with van der Waals surface area (Å²) in [4.78, 5) is 25.6. The first kappa shape index (κ1) is 13.9. The van der Waals surface area contributed by atoms with Crippen molar-refractivity contribution < 1.29 is 14.3 Å².